The average Bonchev–Trinajstić information content (AvgIpc) is 2.29. The lowest BCUT2D eigenvalue weighted by Gasteiger charge is -2.17. The van der Waals surface area contributed by atoms with Crippen molar-refractivity contribution in [1.82, 2.24) is 0 Å². The van der Waals surface area contributed by atoms with Crippen LogP contribution in [0.15, 0.2) is 22.6 Å². The number of aliphatic imine (C=N–C) groups is 2. The molecule has 2 atom stereocenters. The average molecular weight is 205 g/mol. The van der Waals surface area contributed by atoms with Gasteiger partial charge in [0.2, 0.25) is 6.35 Å². The summed E-state index contributed by atoms with van der Waals surface area (Å²) in [5.74, 6) is -0.119. The fraction of sp³-hybridized carbons (Fsp3) is 0.545. The highest BCUT2D eigenvalue weighted by Crippen LogP contribution is 2.13. The summed E-state index contributed by atoms with van der Waals surface area (Å²) in [7, 11) is 0. The lowest BCUT2D eigenvalue weighted by Crippen LogP contribution is -2.21. The van der Waals surface area contributed by atoms with Crippen LogP contribution in [-0.4, -0.2) is 24.9 Å². The zero-order valence-corrected chi connectivity index (χ0v) is 8.89. The van der Waals surface area contributed by atoms with E-state index in [1.165, 1.54) is 0 Å². The molecule has 15 heavy (non-hydrogen) atoms. The topological polar surface area (TPSA) is 57.7 Å². The van der Waals surface area contributed by atoms with Crippen molar-refractivity contribution < 1.29 is 4.74 Å². The van der Waals surface area contributed by atoms with Crippen LogP contribution in [0.2, 0.25) is 0 Å². The van der Waals surface area contributed by atoms with Gasteiger partial charge in [-0.3, -0.25) is 0 Å². The van der Waals surface area contributed by atoms with Gasteiger partial charge in [-0.15, -0.1) is 6.58 Å². The molecule has 0 saturated heterocycles. The van der Waals surface area contributed by atoms with Crippen LogP contribution in [0.4, 0.5) is 0 Å². The van der Waals surface area contributed by atoms with Gasteiger partial charge in [-0.2, -0.15) is 5.26 Å². The smallest absolute Gasteiger partial charge is 0.245 e. The van der Waals surface area contributed by atoms with Gasteiger partial charge in [0.1, 0.15) is 0 Å². The van der Waals surface area contributed by atoms with E-state index in [4.69, 9.17) is 10.00 Å². The Labute approximate surface area is 90.0 Å². The van der Waals surface area contributed by atoms with E-state index < -0.39 is 6.35 Å². The minimum absolute atomic E-state index is 0.119. The molecule has 4 nitrogen and oxygen atoms in total. The number of rotatable bonds is 5. The zero-order chi connectivity index (χ0) is 11.1. The molecule has 1 heterocycles. The Kier molecular flexibility index (Phi) is 4.72. The molecule has 0 radical (unpaired) electrons. The van der Waals surface area contributed by atoms with Crippen molar-refractivity contribution in [3.63, 3.8) is 0 Å². The zero-order valence-electron chi connectivity index (χ0n) is 8.89. The summed E-state index contributed by atoms with van der Waals surface area (Å²) in [6, 6.07) is 2.23. The Morgan fingerprint density at radius 2 is 2.67 bits per heavy atom. The minimum atomic E-state index is -0.492. The molecule has 0 spiro atoms. The van der Waals surface area contributed by atoms with E-state index >= 15 is 0 Å². The van der Waals surface area contributed by atoms with Gasteiger partial charge in [0.15, 0.2) is 0 Å². The summed E-state index contributed by atoms with van der Waals surface area (Å²) < 4.78 is 5.29. The monoisotopic (exact) mass is 205 g/mol. The predicted octanol–water partition coefficient (Wildman–Crippen LogP) is 1.94. The van der Waals surface area contributed by atoms with Crippen LogP contribution >= 0.6 is 0 Å². The largest absolute Gasteiger partial charge is 0.334 e. The van der Waals surface area contributed by atoms with E-state index in [0.29, 0.717) is 13.0 Å². The maximum atomic E-state index is 8.91. The summed E-state index contributed by atoms with van der Waals surface area (Å²) in [5.41, 5.74) is 0.865. The molecule has 1 rings (SSSR count). The van der Waals surface area contributed by atoms with Crippen LogP contribution in [0, 0.1) is 17.2 Å². The Morgan fingerprint density at radius 1 is 1.87 bits per heavy atom. The van der Waals surface area contributed by atoms with Crippen LogP contribution in [0.25, 0.3) is 0 Å². The Balaban J connectivity index is 2.62. The second-order valence-electron chi connectivity index (χ2n) is 3.19. The second-order valence-corrected chi connectivity index (χ2v) is 3.19. The van der Waals surface area contributed by atoms with Gasteiger partial charge >= 0.3 is 0 Å². The second kappa shape index (κ2) is 6.10. The van der Waals surface area contributed by atoms with Crippen molar-refractivity contribution in [3.05, 3.63) is 12.7 Å². The van der Waals surface area contributed by atoms with Gasteiger partial charge in [0, 0.05) is 18.3 Å². The first-order valence-electron chi connectivity index (χ1n) is 5.02. The van der Waals surface area contributed by atoms with E-state index in [0.717, 1.165) is 12.1 Å². The van der Waals surface area contributed by atoms with Gasteiger partial charge in [0.05, 0.1) is 18.6 Å². The predicted molar refractivity (Wildman–Crippen MR) is 59.9 cm³/mol. The van der Waals surface area contributed by atoms with Crippen LogP contribution in [0.3, 0.4) is 0 Å². The SMILES string of the molecule is C=CCOC1N=CCC(C(C#N)CC)=N1. The first kappa shape index (κ1) is 11.6. The van der Waals surface area contributed by atoms with Crippen molar-refractivity contribution in [1.29, 1.82) is 5.26 Å². The molecule has 1 aliphatic heterocycles. The molecule has 2 unspecified atom stereocenters. The molecule has 4 heteroatoms. The Bertz CT molecular complexity index is 314. The number of ether oxygens (including phenoxy) is 1. The Morgan fingerprint density at radius 3 is 3.27 bits per heavy atom. The number of nitriles is 1. The third-order valence-electron chi connectivity index (χ3n) is 2.14. The van der Waals surface area contributed by atoms with E-state index in [1.807, 2.05) is 6.92 Å². The summed E-state index contributed by atoms with van der Waals surface area (Å²) in [4.78, 5) is 8.36. The highest BCUT2D eigenvalue weighted by molar-refractivity contribution is 5.99. The van der Waals surface area contributed by atoms with Gasteiger partial charge in [-0.05, 0) is 6.42 Å². The summed E-state index contributed by atoms with van der Waals surface area (Å²) in [6.07, 6.45) is 4.35. The van der Waals surface area contributed by atoms with E-state index in [1.54, 1.807) is 12.3 Å². The molecule has 0 N–H and O–H groups in total. The molecule has 0 aromatic rings. The normalized spacial score (nSPS) is 21.6. The molecule has 0 amide bonds. The van der Waals surface area contributed by atoms with Gasteiger partial charge < -0.3 is 4.74 Å². The summed E-state index contributed by atoms with van der Waals surface area (Å²) >= 11 is 0. The Hall–Kier alpha value is -1.47. The summed E-state index contributed by atoms with van der Waals surface area (Å²) in [6.45, 7) is 5.95. The molecule has 0 aromatic heterocycles. The fourth-order valence-corrected chi connectivity index (χ4v) is 1.33. The van der Waals surface area contributed by atoms with E-state index in [-0.39, 0.29) is 5.92 Å². The number of nitrogens with zero attached hydrogens (tertiary/aromatic N) is 3. The first-order valence-corrected chi connectivity index (χ1v) is 5.02. The van der Waals surface area contributed by atoms with Crippen LogP contribution in [0.1, 0.15) is 19.8 Å². The maximum absolute atomic E-state index is 8.91. The van der Waals surface area contributed by atoms with Crippen molar-refractivity contribution in [2.75, 3.05) is 6.61 Å². The van der Waals surface area contributed by atoms with Crippen molar-refractivity contribution in [2.45, 2.75) is 26.1 Å². The maximum Gasteiger partial charge on any atom is 0.245 e. The highest BCUT2D eigenvalue weighted by atomic mass is 16.5. The minimum Gasteiger partial charge on any atom is -0.334 e. The van der Waals surface area contributed by atoms with E-state index in [2.05, 4.69) is 22.6 Å². The van der Waals surface area contributed by atoms with Crippen molar-refractivity contribution in [2.24, 2.45) is 15.9 Å². The van der Waals surface area contributed by atoms with Crippen LogP contribution in [-0.2, 0) is 4.74 Å². The molecular weight excluding hydrogens is 190 g/mol. The lowest BCUT2D eigenvalue weighted by atomic mass is 9.99. The molecule has 0 aliphatic carbocycles. The van der Waals surface area contributed by atoms with Crippen LogP contribution in [0.5, 0.6) is 0 Å². The van der Waals surface area contributed by atoms with Crippen molar-refractivity contribution in [3.8, 4) is 6.07 Å². The third kappa shape index (κ3) is 3.30. The quantitative estimate of drug-likeness (QED) is 0.644. The van der Waals surface area contributed by atoms with Crippen molar-refractivity contribution >= 4 is 11.9 Å². The summed E-state index contributed by atoms with van der Waals surface area (Å²) in [5, 5.41) is 8.91. The number of hydrogen-bond donors (Lipinski definition) is 0. The molecular formula is C11H15N3O. The van der Waals surface area contributed by atoms with Gasteiger partial charge in [-0.25, -0.2) is 9.98 Å². The van der Waals surface area contributed by atoms with Crippen LogP contribution < -0.4 is 0 Å². The van der Waals surface area contributed by atoms with Gasteiger partial charge in [0.25, 0.3) is 0 Å². The molecule has 0 bridgehead atoms. The molecule has 0 aromatic carbocycles. The van der Waals surface area contributed by atoms with E-state index in [9.17, 15) is 0 Å². The lowest BCUT2D eigenvalue weighted by molar-refractivity contribution is 0.0873. The fourth-order valence-electron chi connectivity index (χ4n) is 1.33. The molecule has 80 valence electrons. The molecule has 1 aliphatic rings. The standard InChI is InChI=1S/C11H15N3O/c1-3-7-15-11-13-6-5-10(14-11)9(4-2)8-12/h3,6,9,11H,1,4-5,7H2,2H3. The molecule has 0 fully saturated rings. The highest BCUT2D eigenvalue weighted by Gasteiger charge is 2.17. The molecule has 0 saturated carbocycles. The third-order valence-corrected chi connectivity index (χ3v) is 2.14. The van der Waals surface area contributed by atoms with Gasteiger partial charge in [-0.1, -0.05) is 13.0 Å². The first-order chi connectivity index (χ1) is 7.31. The number of hydrogen-bond acceptors (Lipinski definition) is 4.